The number of nitrogen functional groups attached to an aromatic ring is 1. The first-order valence-electron chi connectivity index (χ1n) is 10.6. The van der Waals surface area contributed by atoms with E-state index in [0.717, 1.165) is 39.7 Å². The summed E-state index contributed by atoms with van der Waals surface area (Å²) in [6.45, 7) is 0.876. The van der Waals surface area contributed by atoms with E-state index in [2.05, 4.69) is 16.1 Å². The van der Waals surface area contributed by atoms with E-state index in [9.17, 15) is 9.32 Å². The van der Waals surface area contributed by atoms with Crippen LogP contribution in [0.1, 0.15) is 30.7 Å². The Labute approximate surface area is 191 Å². The molecule has 1 fully saturated rings. The Balaban J connectivity index is 1.62. The molecular formula is C22H25N5O3S2. The lowest BCUT2D eigenvalue weighted by molar-refractivity contribution is 0.218. The number of nitrogens with zero attached hydrogens (tertiary/aromatic N) is 4. The van der Waals surface area contributed by atoms with Gasteiger partial charge < -0.3 is 15.6 Å². The van der Waals surface area contributed by atoms with Gasteiger partial charge in [-0.1, -0.05) is 6.42 Å². The molecule has 10 heteroatoms. The number of rotatable bonds is 8. The molecule has 0 spiro atoms. The maximum Gasteiger partial charge on any atom is 0.181 e. The van der Waals surface area contributed by atoms with Crippen LogP contribution in [0.25, 0.3) is 32.5 Å². The second-order valence-corrected chi connectivity index (χ2v) is 10.8. The van der Waals surface area contributed by atoms with Crippen molar-refractivity contribution in [2.24, 2.45) is 0 Å². The van der Waals surface area contributed by atoms with E-state index >= 15 is 0 Å². The number of hydrogen-bond acceptors (Lipinski definition) is 8. The van der Waals surface area contributed by atoms with Crippen molar-refractivity contribution in [3.63, 3.8) is 0 Å². The molecule has 1 saturated carbocycles. The number of aromatic nitrogens is 4. The zero-order valence-electron chi connectivity index (χ0n) is 17.8. The van der Waals surface area contributed by atoms with E-state index in [1.807, 2.05) is 12.3 Å². The first kappa shape index (κ1) is 21.4. The topological polar surface area (TPSA) is 116 Å². The fourth-order valence-electron chi connectivity index (χ4n) is 4.06. The molecular weight excluding hydrogens is 446 g/mol. The van der Waals surface area contributed by atoms with Crippen LogP contribution in [-0.2, 0) is 22.1 Å². The maximum atomic E-state index is 12.8. The van der Waals surface area contributed by atoms with Crippen molar-refractivity contribution < 1.29 is 14.1 Å². The fourth-order valence-corrected chi connectivity index (χ4v) is 6.63. The van der Waals surface area contributed by atoms with Gasteiger partial charge in [-0.05, 0) is 36.5 Å². The van der Waals surface area contributed by atoms with Crippen LogP contribution in [0.15, 0.2) is 28.7 Å². The molecule has 0 unspecified atom stereocenters. The van der Waals surface area contributed by atoms with Crippen molar-refractivity contribution in [2.75, 3.05) is 31.8 Å². The Bertz CT molecular complexity index is 1310. The summed E-state index contributed by atoms with van der Waals surface area (Å²) in [6.07, 6.45) is 7.12. The van der Waals surface area contributed by atoms with Gasteiger partial charge in [0.05, 0.1) is 47.7 Å². The van der Waals surface area contributed by atoms with Gasteiger partial charge >= 0.3 is 0 Å². The standard InChI is InChI=1S/C22H25N5O3S2/c1-30-7-8-32(29)22-19(23)18-16(13-3-2-4-13)10-17(25-21(18)31-22)14-9-15-12-27(5-6-28)26-20(15)24-11-14/h9-13,28H,2-8,23H2,1H3/t32-/m1/s1. The van der Waals surface area contributed by atoms with E-state index in [4.69, 9.17) is 15.5 Å². The first-order valence-corrected chi connectivity index (χ1v) is 12.8. The molecule has 1 aliphatic carbocycles. The molecule has 0 radical (unpaired) electrons. The average Bonchev–Trinajstić information content (AvgIpc) is 3.30. The number of hydrogen-bond donors (Lipinski definition) is 2. The number of aliphatic hydroxyl groups is 1. The molecule has 0 saturated heterocycles. The van der Waals surface area contributed by atoms with Gasteiger partial charge in [-0.25, -0.2) is 9.97 Å². The largest absolute Gasteiger partial charge is 0.396 e. The highest BCUT2D eigenvalue weighted by Gasteiger charge is 2.27. The van der Waals surface area contributed by atoms with Crippen LogP contribution in [0, 0.1) is 0 Å². The van der Waals surface area contributed by atoms with Crippen molar-refractivity contribution in [1.29, 1.82) is 0 Å². The third kappa shape index (κ3) is 3.81. The summed E-state index contributed by atoms with van der Waals surface area (Å²) in [6, 6.07) is 4.15. The number of thiophene rings is 1. The molecule has 3 N–H and O–H groups in total. The van der Waals surface area contributed by atoms with E-state index < -0.39 is 10.8 Å². The van der Waals surface area contributed by atoms with Gasteiger partial charge in [0.25, 0.3) is 0 Å². The minimum Gasteiger partial charge on any atom is -0.396 e. The van der Waals surface area contributed by atoms with Crippen LogP contribution in [0.5, 0.6) is 0 Å². The summed E-state index contributed by atoms with van der Waals surface area (Å²) < 4.78 is 20.3. The molecule has 1 atom stereocenters. The average molecular weight is 472 g/mol. The second-order valence-electron chi connectivity index (χ2n) is 8.00. The zero-order chi connectivity index (χ0) is 22.2. The Hall–Kier alpha value is -2.40. The van der Waals surface area contributed by atoms with Crippen LogP contribution in [0.2, 0.25) is 0 Å². The van der Waals surface area contributed by atoms with Gasteiger partial charge in [0, 0.05) is 35.8 Å². The van der Waals surface area contributed by atoms with Crippen LogP contribution in [-0.4, -0.2) is 55.1 Å². The minimum atomic E-state index is -1.22. The third-order valence-electron chi connectivity index (χ3n) is 5.95. The Morgan fingerprint density at radius 3 is 2.94 bits per heavy atom. The molecule has 1 aliphatic rings. The Morgan fingerprint density at radius 2 is 2.22 bits per heavy atom. The molecule has 4 aromatic heterocycles. The number of aliphatic hydroxyl groups excluding tert-OH is 1. The van der Waals surface area contributed by atoms with E-state index in [1.165, 1.54) is 23.3 Å². The predicted molar refractivity (Wildman–Crippen MR) is 127 cm³/mol. The molecule has 4 aromatic rings. The van der Waals surface area contributed by atoms with Crippen molar-refractivity contribution in [1.82, 2.24) is 19.7 Å². The Kier molecular flexibility index (Phi) is 5.93. The molecule has 5 rings (SSSR count). The van der Waals surface area contributed by atoms with Crippen molar-refractivity contribution in [2.45, 2.75) is 35.9 Å². The number of ether oxygens (including phenoxy) is 1. The number of fused-ring (bicyclic) bond motifs is 2. The number of methoxy groups -OCH3 is 1. The van der Waals surface area contributed by atoms with Gasteiger partial charge in [0.15, 0.2) is 5.65 Å². The maximum absolute atomic E-state index is 12.8. The van der Waals surface area contributed by atoms with Crippen LogP contribution in [0.4, 0.5) is 5.69 Å². The third-order valence-corrected chi connectivity index (χ3v) is 8.82. The normalized spacial score (nSPS) is 15.4. The van der Waals surface area contributed by atoms with E-state index in [1.54, 1.807) is 18.0 Å². The van der Waals surface area contributed by atoms with Crippen LogP contribution < -0.4 is 5.73 Å². The van der Waals surface area contributed by atoms with E-state index in [-0.39, 0.29) is 6.61 Å². The number of nitrogens with two attached hydrogens (primary N) is 1. The van der Waals surface area contributed by atoms with Crippen LogP contribution in [0.3, 0.4) is 0 Å². The van der Waals surface area contributed by atoms with Gasteiger partial charge in [-0.3, -0.25) is 8.89 Å². The number of anilines is 1. The second kappa shape index (κ2) is 8.86. The fraction of sp³-hybridized carbons (Fsp3) is 0.409. The van der Waals surface area contributed by atoms with Crippen molar-refractivity contribution in [3.8, 4) is 11.3 Å². The van der Waals surface area contributed by atoms with Gasteiger partial charge in [-0.15, -0.1) is 11.3 Å². The highest BCUT2D eigenvalue weighted by molar-refractivity contribution is 7.87. The molecule has 0 amide bonds. The summed E-state index contributed by atoms with van der Waals surface area (Å²) >= 11 is 1.42. The van der Waals surface area contributed by atoms with Gasteiger partial charge in [-0.2, -0.15) is 5.10 Å². The minimum absolute atomic E-state index is 0.0255. The smallest absolute Gasteiger partial charge is 0.181 e. The lowest BCUT2D eigenvalue weighted by Crippen LogP contribution is -2.10. The molecule has 8 nitrogen and oxygen atoms in total. The van der Waals surface area contributed by atoms with Crippen molar-refractivity contribution >= 4 is 49.1 Å². The summed E-state index contributed by atoms with van der Waals surface area (Å²) in [5.41, 5.74) is 10.7. The van der Waals surface area contributed by atoms with E-state index in [0.29, 0.717) is 40.4 Å². The first-order chi connectivity index (χ1) is 15.6. The molecule has 0 aromatic carbocycles. The monoisotopic (exact) mass is 471 g/mol. The summed E-state index contributed by atoms with van der Waals surface area (Å²) in [4.78, 5) is 10.2. The molecule has 32 heavy (non-hydrogen) atoms. The highest BCUT2D eigenvalue weighted by Crippen LogP contribution is 2.46. The summed E-state index contributed by atoms with van der Waals surface area (Å²) in [5, 5.41) is 15.4. The lowest BCUT2D eigenvalue weighted by Gasteiger charge is -2.27. The zero-order valence-corrected chi connectivity index (χ0v) is 19.4. The quantitative estimate of drug-likeness (QED) is 0.405. The van der Waals surface area contributed by atoms with Gasteiger partial charge in [0.2, 0.25) is 0 Å². The number of pyridine rings is 2. The molecule has 0 bridgehead atoms. The van der Waals surface area contributed by atoms with Crippen molar-refractivity contribution in [3.05, 3.63) is 30.1 Å². The predicted octanol–water partition coefficient (Wildman–Crippen LogP) is 3.30. The summed E-state index contributed by atoms with van der Waals surface area (Å²) in [5.74, 6) is 0.859. The highest BCUT2D eigenvalue weighted by atomic mass is 32.2. The molecule has 4 heterocycles. The SMILES string of the molecule is COCC[S@@](=O)c1sc2nc(-c3cnc4nn(CCO)cc4c3)cc(C3CCC3)c2c1N. The Morgan fingerprint density at radius 1 is 1.38 bits per heavy atom. The lowest BCUT2D eigenvalue weighted by atomic mass is 9.79. The molecule has 0 aliphatic heterocycles. The summed E-state index contributed by atoms with van der Waals surface area (Å²) in [7, 11) is 0.386. The molecule has 168 valence electrons. The van der Waals surface area contributed by atoms with Crippen LogP contribution >= 0.6 is 11.3 Å². The van der Waals surface area contributed by atoms with Gasteiger partial charge in [0.1, 0.15) is 9.04 Å².